The Balaban J connectivity index is 2.31. The van der Waals surface area contributed by atoms with Crippen LogP contribution in [0.3, 0.4) is 0 Å². The van der Waals surface area contributed by atoms with Gasteiger partial charge in [-0.15, -0.1) is 0 Å². The normalized spacial score (nSPS) is 11.7. The van der Waals surface area contributed by atoms with Crippen LogP contribution in [-0.2, 0) is 10.3 Å². The number of hydrogen-bond acceptors (Lipinski definition) is 6. The molecule has 2 aromatic rings. The number of nitrogens with zero attached hydrogens (tertiary/aromatic N) is 3. The van der Waals surface area contributed by atoms with E-state index in [-0.39, 0.29) is 0 Å². The Kier molecular flexibility index (Phi) is 3.29. The van der Waals surface area contributed by atoms with Crippen LogP contribution in [0.25, 0.3) is 11.5 Å². The highest BCUT2D eigenvalue weighted by Gasteiger charge is 2.27. The van der Waals surface area contributed by atoms with Gasteiger partial charge in [0.15, 0.2) is 0 Å². The van der Waals surface area contributed by atoms with E-state index in [9.17, 15) is 0 Å². The minimum absolute atomic E-state index is 0.387. The molecule has 2 N–H and O–H groups in total. The average molecular weight is 248 g/mol. The molecule has 0 fully saturated rings. The summed E-state index contributed by atoms with van der Waals surface area (Å²) in [6, 6.07) is 1.73. The molecule has 0 aliphatic heterocycles. The van der Waals surface area contributed by atoms with Crippen molar-refractivity contribution in [2.45, 2.75) is 26.4 Å². The van der Waals surface area contributed by atoms with Gasteiger partial charge in [0, 0.05) is 19.0 Å². The SMILES string of the molecule is CCOC(C)(C)c1noc(-c2cncc(N)c2)n1. The highest BCUT2D eigenvalue weighted by Crippen LogP contribution is 2.25. The minimum Gasteiger partial charge on any atom is -0.397 e. The first-order valence-electron chi connectivity index (χ1n) is 5.72. The first-order valence-corrected chi connectivity index (χ1v) is 5.72. The molecule has 2 rings (SSSR count). The van der Waals surface area contributed by atoms with Crippen LogP contribution >= 0.6 is 0 Å². The molecule has 18 heavy (non-hydrogen) atoms. The number of nitrogen functional groups attached to an aromatic ring is 1. The largest absolute Gasteiger partial charge is 0.397 e. The molecule has 6 nitrogen and oxygen atoms in total. The highest BCUT2D eigenvalue weighted by atomic mass is 16.5. The van der Waals surface area contributed by atoms with Gasteiger partial charge in [-0.25, -0.2) is 0 Å². The van der Waals surface area contributed by atoms with Crippen LogP contribution in [-0.4, -0.2) is 21.7 Å². The van der Waals surface area contributed by atoms with Crippen molar-refractivity contribution in [2.75, 3.05) is 12.3 Å². The van der Waals surface area contributed by atoms with Gasteiger partial charge >= 0.3 is 0 Å². The molecule has 2 aromatic heterocycles. The van der Waals surface area contributed by atoms with Crippen molar-refractivity contribution in [2.24, 2.45) is 0 Å². The Morgan fingerprint density at radius 1 is 1.39 bits per heavy atom. The molecule has 0 aliphatic carbocycles. The Bertz CT molecular complexity index is 536. The second-order valence-corrected chi connectivity index (χ2v) is 4.37. The van der Waals surface area contributed by atoms with Crippen molar-refractivity contribution in [1.29, 1.82) is 0 Å². The summed E-state index contributed by atoms with van der Waals surface area (Å²) in [5, 5.41) is 3.93. The molecule has 6 heteroatoms. The summed E-state index contributed by atoms with van der Waals surface area (Å²) in [5.41, 5.74) is 6.33. The van der Waals surface area contributed by atoms with Crippen molar-refractivity contribution in [3.63, 3.8) is 0 Å². The van der Waals surface area contributed by atoms with E-state index in [1.165, 1.54) is 0 Å². The summed E-state index contributed by atoms with van der Waals surface area (Å²) in [6.45, 7) is 6.28. The van der Waals surface area contributed by atoms with Crippen molar-refractivity contribution in [3.8, 4) is 11.5 Å². The summed E-state index contributed by atoms with van der Waals surface area (Å²) in [6.07, 6.45) is 3.19. The lowest BCUT2D eigenvalue weighted by Crippen LogP contribution is -2.23. The van der Waals surface area contributed by atoms with Gasteiger partial charge in [-0.3, -0.25) is 4.98 Å². The maximum absolute atomic E-state index is 5.66. The van der Waals surface area contributed by atoms with Gasteiger partial charge in [-0.1, -0.05) is 5.16 Å². The van der Waals surface area contributed by atoms with E-state index in [1.54, 1.807) is 18.5 Å². The van der Waals surface area contributed by atoms with Gasteiger partial charge in [-0.2, -0.15) is 4.98 Å². The Morgan fingerprint density at radius 2 is 2.17 bits per heavy atom. The van der Waals surface area contributed by atoms with Crippen molar-refractivity contribution >= 4 is 5.69 Å². The summed E-state index contributed by atoms with van der Waals surface area (Å²) in [5.74, 6) is 0.888. The first kappa shape index (κ1) is 12.5. The van der Waals surface area contributed by atoms with E-state index in [0.29, 0.717) is 29.6 Å². The smallest absolute Gasteiger partial charge is 0.259 e. The zero-order valence-electron chi connectivity index (χ0n) is 10.7. The quantitative estimate of drug-likeness (QED) is 0.890. The number of aromatic nitrogens is 3. The Hall–Kier alpha value is -1.95. The number of ether oxygens (including phenoxy) is 1. The van der Waals surface area contributed by atoms with Crippen molar-refractivity contribution in [1.82, 2.24) is 15.1 Å². The molecule has 0 spiro atoms. The van der Waals surface area contributed by atoms with E-state index in [1.807, 2.05) is 20.8 Å². The number of nitrogens with two attached hydrogens (primary N) is 1. The fourth-order valence-corrected chi connectivity index (χ4v) is 1.59. The van der Waals surface area contributed by atoms with Gasteiger partial charge in [0.2, 0.25) is 5.82 Å². The zero-order chi connectivity index (χ0) is 13.2. The number of anilines is 1. The maximum atomic E-state index is 5.66. The third-order valence-electron chi connectivity index (χ3n) is 2.48. The molecule has 0 aliphatic rings. The molecular formula is C12H16N4O2. The van der Waals surface area contributed by atoms with Crippen LogP contribution < -0.4 is 5.73 Å². The fraction of sp³-hybridized carbons (Fsp3) is 0.417. The van der Waals surface area contributed by atoms with E-state index < -0.39 is 5.60 Å². The molecule has 0 saturated carbocycles. The van der Waals surface area contributed by atoms with Crippen LogP contribution in [0.15, 0.2) is 23.0 Å². The molecule has 96 valence electrons. The summed E-state index contributed by atoms with van der Waals surface area (Å²) in [4.78, 5) is 8.30. The van der Waals surface area contributed by atoms with Gasteiger partial charge in [-0.05, 0) is 26.8 Å². The first-order chi connectivity index (χ1) is 8.53. The third-order valence-corrected chi connectivity index (χ3v) is 2.48. The summed E-state index contributed by atoms with van der Waals surface area (Å²) in [7, 11) is 0. The van der Waals surface area contributed by atoms with Gasteiger partial charge in [0.05, 0.1) is 11.3 Å². The van der Waals surface area contributed by atoms with Gasteiger partial charge < -0.3 is 15.0 Å². The molecule has 2 heterocycles. The van der Waals surface area contributed by atoms with Crippen molar-refractivity contribution < 1.29 is 9.26 Å². The fourth-order valence-electron chi connectivity index (χ4n) is 1.59. The number of hydrogen-bond donors (Lipinski definition) is 1. The molecule has 0 bridgehead atoms. The van der Waals surface area contributed by atoms with Crippen LogP contribution in [0.4, 0.5) is 5.69 Å². The lowest BCUT2D eigenvalue weighted by molar-refractivity contribution is -0.0221. The highest BCUT2D eigenvalue weighted by molar-refractivity contribution is 5.57. The molecule has 0 saturated heterocycles. The monoisotopic (exact) mass is 248 g/mol. The Morgan fingerprint density at radius 3 is 2.83 bits per heavy atom. The van der Waals surface area contributed by atoms with Crippen LogP contribution in [0.1, 0.15) is 26.6 Å². The van der Waals surface area contributed by atoms with E-state index in [0.717, 1.165) is 0 Å². The third kappa shape index (κ3) is 2.48. The molecule has 0 aromatic carbocycles. The second kappa shape index (κ2) is 4.73. The van der Waals surface area contributed by atoms with Crippen LogP contribution in [0.2, 0.25) is 0 Å². The average Bonchev–Trinajstić information content (AvgIpc) is 2.78. The standard InChI is InChI=1S/C12H16N4O2/c1-4-17-12(2,3)11-15-10(18-16-11)8-5-9(13)7-14-6-8/h5-7H,4,13H2,1-3H3. The Labute approximate surface area is 105 Å². The predicted octanol–water partition coefficient (Wildman–Crippen LogP) is 1.99. The minimum atomic E-state index is -0.579. The molecule has 0 unspecified atom stereocenters. The van der Waals surface area contributed by atoms with Crippen LogP contribution in [0.5, 0.6) is 0 Å². The van der Waals surface area contributed by atoms with E-state index in [4.69, 9.17) is 15.0 Å². The number of pyridine rings is 1. The maximum Gasteiger partial charge on any atom is 0.259 e. The zero-order valence-corrected chi connectivity index (χ0v) is 10.7. The summed E-state index contributed by atoms with van der Waals surface area (Å²) < 4.78 is 10.8. The van der Waals surface area contributed by atoms with Gasteiger partial charge in [0.25, 0.3) is 5.89 Å². The van der Waals surface area contributed by atoms with Crippen LogP contribution in [0, 0.1) is 0 Å². The lowest BCUT2D eigenvalue weighted by atomic mass is 10.1. The summed E-state index contributed by atoms with van der Waals surface area (Å²) >= 11 is 0. The topological polar surface area (TPSA) is 87.1 Å². The van der Waals surface area contributed by atoms with E-state index in [2.05, 4.69) is 15.1 Å². The molecule has 0 radical (unpaired) electrons. The molecular weight excluding hydrogens is 232 g/mol. The van der Waals surface area contributed by atoms with Crippen molar-refractivity contribution in [3.05, 3.63) is 24.3 Å². The molecule has 0 amide bonds. The van der Waals surface area contributed by atoms with E-state index >= 15 is 0 Å². The lowest BCUT2D eigenvalue weighted by Gasteiger charge is -2.19. The second-order valence-electron chi connectivity index (χ2n) is 4.37. The number of rotatable bonds is 4. The predicted molar refractivity (Wildman–Crippen MR) is 66.6 cm³/mol. The van der Waals surface area contributed by atoms with Gasteiger partial charge in [0.1, 0.15) is 5.60 Å². The molecule has 0 atom stereocenters.